The van der Waals surface area contributed by atoms with Gasteiger partial charge in [0.25, 0.3) is 0 Å². The van der Waals surface area contributed by atoms with E-state index in [0.29, 0.717) is 6.42 Å². The van der Waals surface area contributed by atoms with Gasteiger partial charge in [-0.25, -0.2) is 8.37 Å². The molecule has 1 atom stereocenters. The van der Waals surface area contributed by atoms with Crippen LogP contribution in [0.3, 0.4) is 0 Å². The van der Waals surface area contributed by atoms with E-state index in [2.05, 4.69) is 4.18 Å². The highest BCUT2D eigenvalue weighted by atomic mass is 32.3. The van der Waals surface area contributed by atoms with Crippen LogP contribution < -0.4 is 0 Å². The van der Waals surface area contributed by atoms with E-state index < -0.39 is 10.4 Å². The molecule has 0 aromatic heterocycles. The van der Waals surface area contributed by atoms with Gasteiger partial charge in [-0.2, -0.15) is 8.42 Å². The van der Waals surface area contributed by atoms with Crippen LogP contribution in [0, 0.1) is 0 Å². The summed E-state index contributed by atoms with van der Waals surface area (Å²) in [7, 11) is -3.68. The van der Waals surface area contributed by atoms with Crippen molar-refractivity contribution in [2.45, 2.75) is 37.9 Å². The van der Waals surface area contributed by atoms with Crippen LogP contribution in [-0.2, 0) is 18.8 Å². The summed E-state index contributed by atoms with van der Waals surface area (Å²) in [5, 5.41) is 0. The molecule has 1 saturated heterocycles. The molecule has 5 heteroatoms. The number of hydrogen-bond acceptors (Lipinski definition) is 4. The standard InChI is InChI=1S/C6H10O4S/c1-5-4-6(2-3-6)10-11(7,8)9-5/h5H,2-4H2,1H3. The van der Waals surface area contributed by atoms with Gasteiger partial charge in [-0.1, -0.05) is 0 Å². The molecule has 1 spiro atoms. The molecule has 0 aromatic rings. The SMILES string of the molecule is CC1CC2(CC2)OS(=O)(=O)O1. The minimum Gasteiger partial charge on any atom is -0.245 e. The van der Waals surface area contributed by atoms with Crippen molar-refractivity contribution in [3.05, 3.63) is 0 Å². The molecule has 0 radical (unpaired) electrons. The molecule has 2 fully saturated rings. The zero-order valence-corrected chi connectivity index (χ0v) is 7.06. The van der Waals surface area contributed by atoms with Gasteiger partial charge in [0.2, 0.25) is 0 Å². The van der Waals surface area contributed by atoms with Crippen LogP contribution in [0.1, 0.15) is 26.2 Å². The smallest absolute Gasteiger partial charge is 0.245 e. The van der Waals surface area contributed by atoms with Gasteiger partial charge in [-0.15, -0.1) is 0 Å². The molecule has 2 aliphatic rings. The van der Waals surface area contributed by atoms with Gasteiger partial charge in [-0.3, -0.25) is 0 Å². The Kier molecular flexibility index (Phi) is 1.34. The van der Waals surface area contributed by atoms with Crippen LogP contribution in [-0.4, -0.2) is 20.1 Å². The molecule has 0 aromatic carbocycles. The van der Waals surface area contributed by atoms with Gasteiger partial charge < -0.3 is 0 Å². The third kappa shape index (κ3) is 1.40. The molecule has 64 valence electrons. The van der Waals surface area contributed by atoms with Crippen molar-refractivity contribution in [2.75, 3.05) is 0 Å². The maximum atomic E-state index is 10.9. The van der Waals surface area contributed by atoms with Gasteiger partial charge in [0.05, 0.1) is 11.7 Å². The minimum atomic E-state index is -3.68. The van der Waals surface area contributed by atoms with E-state index in [1.54, 1.807) is 6.92 Å². The highest BCUT2D eigenvalue weighted by Crippen LogP contribution is 2.48. The lowest BCUT2D eigenvalue weighted by molar-refractivity contribution is 0.0348. The summed E-state index contributed by atoms with van der Waals surface area (Å²) in [6, 6.07) is 0. The summed E-state index contributed by atoms with van der Waals surface area (Å²) in [4.78, 5) is 0. The second kappa shape index (κ2) is 1.97. The first-order chi connectivity index (χ1) is 5.02. The first kappa shape index (κ1) is 7.52. The lowest BCUT2D eigenvalue weighted by Crippen LogP contribution is -2.34. The lowest BCUT2D eigenvalue weighted by atomic mass is 10.1. The third-order valence-corrected chi connectivity index (χ3v) is 3.15. The molecular formula is C6H10O4S. The monoisotopic (exact) mass is 178 g/mol. The fraction of sp³-hybridized carbons (Fsp3) is 1.00. The largest absolute Gasteiger partial charge is 0.400 e. The van der Waals surface area contributed by atoms with Crippen molar-refractivity contribution in [2.24, 2.45) is 0 Å². The van der Waals surface area contributed by atoms with E-state index >= 15 is 0 Å². The Morgan fingerprint density at radius 2 is 2.09 bits per heavy atom. The Bertz CT molecular complexity index is 264. The summed E-state index contributed by atoms with van der Waals surface area (Å²) >= 11 is 0. The molecule has 0 bridgehead atoms. The molecule has 1 unspecified atom stereocenters. The average Bonchev–Trinajstić information content (AvgIpc) is 2.41. The molecule has 0 amide bonds. The van der Waals surface area contributed by atoms with E-state index in [9.17, 15) is 8.42 Å². The van der Waals surface area contributed by atoms with Gasteiger partial charge in [0.1, 0.15) is 0 Å². The quantitative estimate of drug-likeness (QED) is 0.544. The van der Waals surface area contributed by atoms with Crippen molar-refractivity contribution < 1.29 is 16.8 Å². The maximum absolute atomic E-state index is 10.9. The molecule has 4 nitrogen and oxygen atoms in total. The Balaban J connectivity index is 2.21. The molecule has 1 aliphatic heterocycles. The van der Waals surface area contributed by atoms with Gasteiger partial charge in [-0.05, 0) is 19.8 Å². The number of hydrogen-bond donors (Lipinski definition) is 0. The zero-order chi connectivity index (χ0) is 8.11. The van der Waals surface area contributed by atoms with E-state index in [1.807, 2.05) is 0 Å². The van der Waals surface area contributed by atoms with Crippen LogP contribution in [0.15, 0.2) is 0 Å². The summed E-state index contributed by atoms with van der Waals surface area (Å²) in [5.74, 6) is 0. The van der Waals surface area contributed by atoms with Gasteiger partial charge >= 0.3 is 10.4 Å². The van der Waals surface area contributed by atoms with Gasteiger partial charge in [0, 0.05) is 6.42 Å². The van der Waals surface area contributed by atoms with Crippen molar-refractivity contribution in [3.8, 4) is 0 Å². The Morgan fingerprint density at radius 1 is 1.45 bits per heavy atom. The molecule has 11 heavy (non-hydrogen) atoms. The normalized spacial score (nSPS) is 38.8. The first-order valence-electron chi connectivity index (χ1n) is 3.65. The third-order valence-electron chi connectivity index (χ3n) is 2.03. The highest BCUT2D eigenvalue weighted by Gasteiger charge is 2.52. The summed E-state index contributed by atoms with van der Waals surface area (Å²) in [5.41, 5.74) is -0.378. The fourth-order valence-corrected chi connectivity index (χ4v) is 2.63. The fourth-order valence-electron chi connectivity index (χ4n) is 1.46. The zero-order valence-electron chi connectivity index (χ0n) is 6.24. The molecular weight excluding hydrogens is 168 g/mol. The number of rotatable bonds is 0. The molecule has 1 heterocycles. The second-order valence-electron chi connectivity index (χ2n) is 3.29. The summed E-state index contributed by atoms with van der Waals surface area (Å²) in [6.45, 7) is 1.75. The second-order valence-corrected chi connectivity index (χ2v) is 4.46. The van der Waals surface area contributed by atoms with Crippen LogP contribution in [0.5, 0.6) is 0 Å². The molecule has 1 saturated carbocycles. The van der Waals surface area contributed by atoms with Crippen LogP contribution in [0.2, 0.25) is 0 Å². The van der Waals surface area contributed by atoms with Gasteiger partial charge in [0.15, 0.2) is 0 Å². The highest BCUT2D eigenvalue weighted by molar-refractivity contribution is 7.82. The van der Waals surface area contributed by atoms with E-state index in [4.69, 9.17) is 4.18 Å². The molecule has 0 N–H and O–H groups in total. The maximum Gasteiger partial charge on any atom is 0.400 e. The van der Waals surface area contributed by atoms with E-state index in [0.717, 1.165) is 12.8 Å². The van der Waals surface area contributed by atoms with Crippen molar-refractivity contribution >= 4 is 10.4 Å². The van der Waals surface area contributed by atoms with Crippen molar-refractivity contribution in [3.63, 3.8) is 0 Å². The Hall–Kier alpha value is -0.130. The predicted molar refractivity (Wildman–Crippen MR) is 37.1 cm³/mol. The van der Waals surface area contributed by atoms with Crippen LogP contribution in [0.4, 0.5) is 0 Å². The van der Waals surface area contributed by atoms with Crippen molar-refractivity contribution in [1.29, 1.82) is 0 Å². The first-order valence-corrected chi connectivity index (χ1v) is 4.99. The summed E-state index contributed by atoms with van der Waals surface area (Å²) in [6.07, 6.45) is 2.17. The van der Waals surface area contributed by atoms with E-state index in [-0.39, 0.29) is 11.7 Å². The Morgan fingerprint density at radius 3 is 2.55 bits per heavy atom. The summed E-state index contributed by atoms with van der Waals surface area (Å²) < 4.78 is 31.1. The van der Waals surface area contributed by atoms with Crippen LogP contribution >= 0.6 is 0 Å². The lowest BCUT2D eigenvalue weighted by Gasteiger charge is -2.25. The average molecular weight is 178 g/mol. The predicted octanol–water partition coefficient (Wildman–Crippen LogP) is 0.589. The minimum absolute atomic E-state index is 0.226. The van der Waals surface area contributed by atoms with Crippen LogP contribution in [0.25, 0.3) is 0 Å². The molecule has 1 aliphatic carbocycles. The molecule has 2 rings (SSSR count). The topological polar surface area (TPSA) is 52.6 Å². The Labute approximate surface area is 65.8 Å². The van der Waals surface area contributed by atoms with E-state index in [1.165, 1.54) is 0 Å². The van der Waals surface area contributed by atoms with Crippen molar-refractivity contribution in [1.82, 2.24) is 0 Å².